The summed E-state index contributed by atoms with van der Waals surface area (Å²) >= 11 is 0. The summed E-state index contributed by atoms with van der Waals surface area (Å²) in [6, 6.07) is 0. The molecule has 2 nitrogen and oxygen atoms in total. The average Bonchev–Trinajstić information content (AvgIpc) is 2.16. The molecule has 0 saturated heterocycles. The molecule has 0 bridgehead atoms. The predicted molar refractivity (Wildman–Crippen MR) is 73.0 cm³/mol. The van der Waals surface area contributed by atoms with Crippen LogP contribution in [0.2, 0.25) is 10.6 Å². The van der Waals surface area contributed by atoms with Gasteiger partial charge in [0.15, 0.2) is 0 Å². The molecule has 0 aromatic carbocycles. The molecule has 0 radical (unpaired) electrons. The minimum absolute atomic E-state index is 0.132. The first-order chi connectivity index (χ1) is 7.26. The minimum atomic E-state index is -2.16. The highest BCUT2D eigenvalue weighted by Gasteiger charge is 2.55. The van der Waals surface area contributed by atoms with Crippen LogP contribution in [0, 0.1) is 5.92 Å². The molecule has 0 aliphatic rings. The van der Waals surface area contributed by atoms with Gasteiger partial charge in [0.25, 0.3) is 0 Å². The van der Waals surface area contributed by atoms with Crippen molar-refractivity contribution in [3.63, 3.8) is 0 Å². The van der Waals surface area contributed by atoms with E-state index in [-0.39, 0.29) is 5.04 Å². The van der Waals surface area contributed by atoms with Crippen LogP contribution in [0.3, 0.4) is 0 Å². The Bertz CT molecular complexity index is 194. The van der Waals surface area contributed by atoms with Crippen molar-refractivity contribution in [1.29, 1.82) is 0 Å². The van der Waals surface area contributed by atoms with Gasteiger partial charge in [-0.15, -0.1) is 0 Å². The van der Waals surface area contributed by atoms with Crippen LogP contribution in [0.4, 0.5) is 0 Å². The fourth-order valence-electron chi connectivity index (χ4n) is 2.32. The van der Waals surface area contributed by atoms with E-state index in [0.29, 0.717) is 11.5 Å². The van der Waals surface area contributed by atoms with E-state index in [2.05, 4.69) is 55.4 Å². The lowest BCUT2D eigenvalue weighted by atomic mass is 9.99. The second-order valence-electron chi connectivity index (χ2n) is 5.56. The highest BCUT2D eigenvalue weighted by atomic mass is 28.4. The van der Waals surface area contributed by atoms with Gasteiger partial charge >= 0.3 is 8.56 Å². The Kier molecular flexibility index (Phi) is 6.23. The molecular formula is C13H30O2Si. The first-order valence-electron chi connectivity index (χ1n) is 6.54. The van der Waals surface area contributed by atoms with Gasteiger partial charge < -0.3 is 8.85 Å². The van der Waals surface area contributed by atoms with Crippen LogP contribution in [0.15, 0.2) is 0 Å². The van der Waals surface area contributed by atoms with Crippen LogP contribution in [-0.2, 0) is 8.85 Å². The summed E-state index contributed by atoms with van der Waals surface area (Å²) in [5.74, 6) is 0.569. The maximum absolute atomic E-state index is 6.17. The third-order valence-electron chi connectivity index (χ3n) is 3.82. The van der Waals surface area contributed by atoms with E-state index in [0.717, 1.165) is 13.2 Å². The third-order valence-corrected chi connectivity index (χ3v) is 9.15. The highest BCUT2D eigenvalue weighted by Crippen LogP contribution is 2.50. The Morgan fingerprint density at radius 1 is 0.938 bits per heavy atom. The molecule has 0 aliphatic carbocycles. The van der Waals surface area contributed by atoms with Crippen LogP contribution in [0.1, 0.15) is 55.4 Å². The third kappa shape index (κ3) is 2.87. The Balaban J connectivity index is 5.31. The molecule has 0 saturated carbocycles. The average molecular weight is 246 g/mol. The number of hydrogen-bond acceptors (Lipinski definition) is 2. The molecule has 0 amide bonds. The van der Waals surface area contributed by atoms with E-state index in [1.165, 1.54) is 0 Å². The van der Waals surface area contributed by atoms with Crippen molar-refractivity contribution >= 4 is 8.56 Å². The van der Waals surface area contributed by atoms with Gasteiger partial charge in [-0.1, -0.05) is 41.5 Å². The summed E-state index contributed by atoms with van der Waals surface area (Å²) in [6.45, 7) is 19.2. The van der Waals surface area contributed by atoms with Gasteiger partial charge in [-0.2, -0.15) is 0 Å². The summed E-state index contributed by atoms with van der Waals surface area (Å²) in [5, 5.41) is 0.132. The summed E-state index contributed by atoms with van der Waals surface area (Å²) in [4.78, 5) is 0. The van der Waals surface area contributed by atoms with Crippen molar-refractivity contribution in [1.82, 2.24) is 0 Å². The molecule has 0 aromatic heterocycles. The van der Waals surface area contributed by atoms with Gasteiger partial charge in [-0.25, -0.2) is 0 Å². The molecule has 16 heavy (non-hydrogen) atoms. The van der Waals surface area contributed by atoms with Crippen molar-refractivity contribution in [3.8, 4) is 0 Å². The van der Waals surface area contributed by atoms with Crippen LogP contribution < -0.4 is 0 Å². The van der Waals surface area contributed by atoms with Gasteiger partial charge in [0.1, 0.15) is 0 Å². The fourth-order valence-corrected chi connectivity index (χ4v) is 6.97. The Morgan fingerprint density at radius 3 is 1.50 bits per heavy atom. The van der Waals surface area contributed by atoms with Crippen molar-refractivity contribution in [2.45, 2.75) is 66.0 Å². The van der Waals surface area contributed by atoms with E-state index < -0.39 is 8.56 Å². The highest BCUT2D eigenvalue weighted by molar-refractivity contribution is 6.72. The van der Waals surface area contributed by atoms with Crippen molar-refractivity contribution in [2.24, 2.45) is 5.92 Å². The van der Waals surface area contributed by atoms with Crippen LogP contribution >= 0.6 is 0 Å². The lowest BCUT2D eigenvalue weighted by Gasteiger charge is -2.47. The molecule has 0 aliphatic heterocycles. The molecule has 0 N–H and O–H groups in total. The van der Waals surface area contributed by atoms with E-state index in [1.54, 1.807) is 0 Å². The van der Waals surface area contributed by atoms with Gasteiger partial charge in [0, 0.05) is 18.3 Å². The van der Waals surface area contributed by atoms with E-state index in [4.69, 9.17) is 8.85 Å². The minimum Gasteiger partial charge on any atom is -0.394 e. The Hall–Kier alpha value is 0.137. The van der Waals surface area contributed by atoms with E-state index >= 15 is 0 Å². The second-order valence-corrected chi connectivity index (χ2v) is 9.92. The summed E-state index contributed by atoms with van der Waals surface area (Å²) in [5.41, 5.74) is 0.477. The van der Waals surface area contributed by atoms with Crippen LogP contribution in [0.25, 0.3) is 0 Å². The van der Waals surface area contributed by atoms with Crippen molar-refractivity contribution in [2.75, 3.05) is 13.2 Å². The molecular weight excluding hydrogens is 216 g/mol. The van der Waals surface area contributed by atoms with E-state index in [1.807, 2.05) is 0 Å². The topological polar surface area (TPSA) is 18.5 Å². The SMILES string of the molecule is CCO[Si](OCC)(C(C)C)C(C)(C)C(C)C. The van der Waals surface area contributed by atoms with Gasteiger partial charge in [-0.3, -0.25) is 0 Å². The zero-order valence-corrected chi connectivity index (χ0v) is 13.4. The summed E-state index contributed by atoms with van der Waals surface area (Å²) in [6.07, 6.45) is 0. The van der Waals surface area contributed by atoms with Gasteiger partial charge in [0.2, 0.25) is 0 Å². The molecule has 0 spiro atoms. The molecule has 0 heterocycles. The zero-order valence-electron chi connectivity index (χ0n) is 12.4. The number of rotatable bonds is 7. The lowest BCUT2D eigenvalue weighted by molar-refractivity contribution is 0.137. The van der Waals surface area contributed by atoms with Crippen molar-refractivity contribution < 1.29 is 8.85 Å². The Labute approximate surface area is 103 Å². The fraction of sp³-hybridized carbons (Fsp3) is 1.00. The van der Waals surface area contributed by atoms with E-state index in [9.17, 15) is 0 Å². The molecule has 0 fully saturated rings. The molecule has 0 atom stereocenters. The monoisotopic (exact) mass is 246 g/mol. The maximum Gasteiger partial charge on any atom is 0.346 e. The van der Waals surface area contributed by atoms with Crippen LogP contribution in [0.5, 0.6) is 0 Å². The smallest absolute Gasteiger partial charge is 0.346 e. The second kappa shape index (κ2) is 6.17. The number of hydrogen-bond donors (Lipinski definition) is 0. The summed E-state index contributed by atoms with van der Waals surface area (Å²) < 4.78 is 12.3. The predicted octanol–water partition coefficient (Wildman–Crippen LogP) is 4.35. The van der Waals surface area contributed by atoms with Gasteiger partial charge in [0.05, 0.1) is 0 Å². The first-order valence-corrected chi connectivity index (χ1v) is 8.43. The molecule has 3 heteroatoms. The summed E-state index contributed by atoms with van der Waals surface area (Å²) in [7, 11) is -2.16. The lowest BCUT2D eigenvalue weighted by Crippen LogP contribution is -2.56. The standard InChI is InChI=1S/C13H30O2Si/c1-9-14-16(12(5)6,15-10-2)13(7,8)11(3)4/h11-12H,9-10H2,1-8H3. The van der Waals surface area contributed by atoms with Crippen LogP contribution in [-0.4, -0.2) is 21.8 Å². The largest absolute Gasteiger partial charge is 0.394 e. The molecule has 0 aromatic rings. The molecule has 0 rings (SSSR count). The normalized spacial score (nSPS) is 13.9. The van der Waals surface area contributed by atoms with Gasteiger partial charge in [-0.05, 0) is 25.3 Å². The zero-order chi connectivity index (χ0) is 13.0. The van der Waals surface area contributed by atoms with Crippen molar-refractivity contribution in [3.05, 3.63) is 0 Å². The first kappa shape index (κ1) is 16.1. The quantitative estimate of drug-likeness (QED) is 0.622. The Morgan fingerprint density at radius 2 is 1.31 bits per heavy atom. The molecule has 98 valence electrons. The maximum atomic E-state index is 6.17. The molecule has 0 unspecified atom stereocenters.